The molecule has 0 radical (unpaired) electrons. The molecule has 4 saturated carbocycles. The molecule has 3 N–H and O–H groups in total. The van der Waals surface area contributed by atoms with Crippen LogP contribution in [0, 0.1) is 53.3 Å². The third-order valence-corrected chi connectivity index (χ3v) is 12.2. The minimum absolute atomic E-state index is 0.0901. The Morgan fingerprint density at radius 2 is 1.87 bits per heavy atom. The van der Waals surface area contributed by atoms with E-state index in [0.29, 0.717) is 52.8 Å². The van der Waals surface area contributed by atoms with E-state index in [9.17, 15) is 20.1 Å². The van der Waals surface area contributed by atoms with Gasteiger partial charge in [-0.2, -0.15) is 0 Å². The maximum absolute atomic E-state index is 12.5. The molecule has 0 bridgehead atoms. The van der Waals surface area contributed by atoms with E-state index in [4.69, 9.17) is 4.42 Å². The monoisotopic (exact) mass is 523 g/mol. The lowest BCUT2D eigenvalue weighted by Crippen LogP contribution is -2.62. The number of benzene rings is 1. The second-order valence-electron chi connectivity index (χ2n) is 14.0. The fraction of sp³-hybridized carbons (Fsp3) is 0.750. The maximum Gasteiger partial charge on any atom is 0.346 e. The summed E-state index contributed by atoms with van der Waals surface area (Å²) >= 11 is 0. The van der Waals surface area contributed by atoms with Crippen LogP contribution in [-0.4, -0.2) is 38.6 Å². The van der Waals surface area contributed by atoms with E-state index >= 15 is 0 Å². The van der Waals surface area contributed by atoms with Gasteiger partial charge in [-0.3, -0.25) is 0 Å². The van der Waals surface area contributed by atoms with Crippen LogP contribution in [0.2, 0.25) is 0 Å². The van der Waals surface area contributed by atoms with Gasteiger partial charge in [0.25, 0.3) is 0 Å². The molecule has 1 unspecified atom stereocenters. The van der Waals surface area contributed by atoms with Crippen molar-refractivity contribution in [1.29, 1.82) is 0 Å². The minimum atomic E-state index is -0.391. The Morgan fingerprint density at radius 1 is 1.08 bits per heavy atom. The lowest BCUT2D eigenvalue weighted by Gasteiger charge is -2.63. The van der Waals surface area contributed by atoms with Crippen molar-refractivity contribution in [3.8, 4) is 0 Å². The van der Waals surface area contributed by atoms with Crippen LogP contribution in [0.1, 0.15) is 83.6 Å². The molecule has 4 fully saturated rings. The highest BCUT2D eigenvalue weighted by Gasteiger charge is 2.65. The van der Waals surface area contributed by atoms with Gasteiger partial charge in [0.15, 0.2) is 5.89 Å². The lowest BCUT2D eigenvalue weighted by atomic mass is 9.43. The maximum atomic E-state index is 12.5. The number of aromatic nitrogens is 1. The quantitative estimate of drug-likeness (QED) is 0.520. The van der Waals surface area contributed by atoms with Crippen LogP contribution < -0.4 is 5.63 Å². The number of aliphatic hydroxyl groups excluding tert-OH is 3. The molecule has 0 saturated heterocycles. The van der Waals surface area contributed by atoms with E-state index in [2.05, 4.69) is 25.8 Å². The van der Waals surface area contributed by atoms with Gasteiger partial charge in [0.1, 0.15) is 0 Å². The van der Waals surface area contributed by atoms with Gasteiger partial charge in [-0.25, -0.2) is 9.78 Å². The van der Waals surface area contributed by atoms with Gasteiger partial charge in [0, 0.05) is 6.42 Å². The molecule has 0 spiro atoms. The normalized spacial score (nSPS) is 43.3. The largest absolute Gasteiger partial charge is 0.408 e. The molecule has 38 heavy (non-hydrogen) atoms. The fourth-order valence-electron chi connectivity index (χ4n) is 10.0. The van der Waals surface area contributed by atoms with Crippen LogP contribution in [0.15, 0.2) is 27.4 Å². The van der Waals surface area contributed by atoms with Crippen molar-refractivity contribution in [3.63, 3.8) is 0 Å². The molecule has 11 atom stereocenters. The Kier molecular flexibility index (Phi) is 6.56. The lowest BCUT2D eigenvalue weighted by molar-refractivity contribution is -0.207. The van der Waals surface area contributed by atoms with Gasteiger partial charge in [-0.1, -0.05) is 26.8 Å². The molecule has 2 aromatic rings. The highest BCUT2D eigenvalue weighted by atomic mass is 16.4. The molecule has 0 aliphatic heterocycles. The summed E-state index contributed by atoms with van der Waals surface area (Å²) in [6.07, 6.45) is 6.71. The molecule has 6 rings (SSSR count). The predicted molar refractivity (Wildman–Crippen MR) is 147 cm³/mol. The zero-order valence-electron chi connectivity index (χ0n) is 23.4. The second-order valence-corrected chi connectivity index (χ2v) is 14.0. The molecule has 6 nitrogen and oxygen atoms in total. The van der Waals surface area contributed by atoms with Gasteiger partial charge in [0.05, 0.1) is 29.2 Å². The Balaban J connectivity index is 1.21. The van der Waals surface area contributed by atoms with Gasteiger partial charge >= 0.3 is 5.63 Å². The number of hydrogen-bond donors (Lipinski definition) is 3. The first-order valence-electron chi connectivity index (χ1n) is 15.0. The van der Waals surface area contributed by atoms with Crippen molar-refractivity contribution < 1.29 is 19.7 Å². The first-order chi connectivity index (χ1) is 18.0. The molecule has 4 aliphatic carbocycles. The van der Waals surface area contributed by atoms with Crippen LogP contribution in [-0.2, 0) is 6.42 Å². The Hall–Kier alpha value is -1.76. The standard InChI is InChI=1S/C32H45NO5/c1-17-5-7-21-25(13-17)33-28(38-30(21)37)10-6-18(2)22-8-9-23-29-24(16-27(36)32(22,23)4)31(3)12-11-20(34)14-19(31)15-26(29)35/h5,7,13,18-20,22-24,26-27,29,34-36H,6,8-12,14-16H2,1-4H3/t18-,19+,20-,22-,23+,24?,26-,27+,29+,31+,32-/m1/s1. The molecule has 0 amide bonds. The second kappa shape index (κ2) is 9.42. The molecule has 208 valence electrons. The van der Waals surface area contributed by atoms with Crippen molar-refractivity contribution in [2.75, 3.05) is 0 Å². The topological polar surface area (TPSA) is 104 Å². The molecule has 6 heteroatoms. The first kappa shape index (κ1) is 26.5. The number of nitrogens with zero attached hydrogens (tertiary/aromatic N) is 1. The third kappa shape index (κ3) is 4.00. The number of rotatable bonds is 4. The number of fused-ring (bicyclic) bond motifs is 6. The van der Waals surface area contributed by atoms with Crippen LogP contribution in [0.25, 0.3) is 10.9 Å². The first-order valence-corrected chi connectivity index (χ1v) is 15.0. The minimum Gasteiger partial charge on any atom is -0.408 e. The highest BCUT2D eigenvalue weighted by Crippen LogP contribution is 2.68. The Labute approximate surface area is 225 Å². The number of aliphatic hydroxyl groups is 3. The summed E-state index contributed by atoms with van der Waals surface area (Å²) in [6.45, 7) is 8.94. The smallest absolute Gasteiger partial charge is 0.346 e. The van der Waals surface area contributed by atoms with E-state index in [1.807, 2.05) is 19.1 Å². The molecule has 1 aromatic heterocycles. The summed E-state index contributed by atoms with van der Waals surface area (Å²) in [5, 5.41) is 34.1. The van der Waals surface area contributed by atoms with Crippen LogP contribution in [0.4, 0.5) is 0 Å². The third-order valence-electron chi connectivity index (χ3n) is 12.2. The molecule has 4 aliphatic rings. The van der Waals surface area contributed by atoms with Gasteiger partial charge in [-0.05, 0) is 122 Å². The number of aryl methyl sites for hydroxylation is 2. The van der Waals surface area contributed by atoms with Crippen molar-refractivity contribution in [1.82, 2.24) is 4.98 Å². The van der Waals surface area contributed by atoms with E-state index in [-0.39, 0.29) is 34.6 Å². The summed E-state index contributed by atoms with van der Waals surface area (Å²) in [7, 11) is 0. The Bertz CT molecular complexity index is 1260. The van der Waals surface area contributed by atoms with E-state index in [1.165, 1.54) is 0 Å². The van der Waals surface area contributed by atoms with Gasteiger partial charge in [0.2, 0.25) is 0 Å². The van der Waals surface area contributed by atoms with E-state index in [1.54, 1.807) is 6.07 Å². The average molecular weight is 524 g/mol. The summed E-state index contributed by atoms with van der Waals surface area (Å²) in [4.78, 5) is 17.2. The zero-order valence-corrected chi connectivity index (χ0v) is 23.4. The summed E-state index contributed by atoms with van der Waals surface area (Å²) in [6, 6.07) is 5.62. The summed E-state index contributed by atoms with van der Waals surface area (Å²) < 4.78 is 5.58. The van der Waals surface area contributed by atoms with Crippen LogP contribution in [0.3, 0.4) is 0 Å². The molecular formula is C32H45NO5. The van der Waals surface area contributed by atoms with Crippen molar-refractivity contribution in [2.45, 2.75) is 104 Å². The SMILES string of the molecule is Cc1ccc2c(=O)oc(CC[C@@H](C)[C@H]3CC[C@H]4[C@H]5C(C[C@H](O)[C@]34C)[C@@]3(C)CC[C@@H](O)C[C@H]3C[C@H]5O)nc2c1. The number of hydrogen-bond acceptors (Lipinski definition) is 6. The van der Waals surface area contributed by atoms with Crippen LogP contribution in [0.5, 0.6) is 0 Å². The highest BCUT2D eigenvalue weighted by molar-refractivity contribution is 5.77. The van der Waals surface area contributed by atoms with Crippen molar-refractivity contribution in [3.05, 3.63) is 40.1 Å². The molecule has 1 heterocycles. The van der Waals surface area contributed by atoms with E-state index < -0.39 is 6.10 Å². The molecule has 1 aromatic carbocycles. The zero-order chi connectivity index (χ0) is 27.0. The average Bonchev–Trinajstić information content (AvgIpc) is 3.22. The van der Waals surface area contributed by atoms with Gasteiger partial charge in [-0.15, -0.1) is 0 Å². The summed E-state index contributed by atoms with van der Waals surface area (Å²) in [5.74, 6) is 2.36. The van der Waals surface area contributed by atoms with E-state index in [0.717, 1.165) is 56.9 Å². The summed E-state index contributed by atoms with van der Waals surface area (Å²) in [5.41, 5.74) is 1.30. The Morgan fingerprint density at radius 3 is 2.66 bits per heavy atom. The van der Waals surface area contributed by atoms with Crippen molar-refractivity contribution >= 4 is 10.9 Å². The fourth-order valence-corrected chi connectivity index (χ4v) is 10.0. The van der Waals surface area contributed by atoms with Gasteiger partial charge < -0.3 is 19.7 Å². The predicted octanol–water partition coefficient (Wildman–Crippen LogP) is 5.03. The molecular weight excluding hydrogens is 478 g/mol. The van der Waals surface area contributed by atoms with Crippen LogP contribution >= 0.6 is 0 Å². The van der Waals surface area contributed by atoms with Crippen molar-refractivity contribution in [2.24, 2.45) is 46.3 Å².